The van der Waals surface area contributed by atoms with Crippen LogP contribution in [-0.2, 0) is 5.41 Å². The van der Waals surface area contributed by atoms with Crippen molar-refractivity contribution in [3.8, 4) is 22.6 Å². The lowest BCUT2D eigenvalue weighted by molar-refractivity contribution is 0.476. The van der Waals surface area contributed by atoms with Crippen LogP contribution in [0.15, 0.2) is 115 Å². The summed E-state index contributed by atoms with van der Waals surface area (Å²) in [4.78, 5) is 0. The maximum Gasteiger partial charge on any atom is 0.123 e. The molecule has 2 nitrogen and oxygen atoms in total. The van der Waals surface area contributed by atoms with Crippen molar-refractivity contribution in [1.82, 2.24) is 0 Å². The van der Waals surface area contributed by atoms with Crippen molar-refractivity contribution in [2.24, 2.45) is 0 Å². The zero-order valence-electron chi connectivity index (χ0n) is 19.9. The van der Waals surface area contributed by atoms with E-state index in [1.54, 1.807) is 12.1 Å². The van der Waals surface area contributed by atoms with E-state index in [0.29, 0.717) is 5.75 Å². The molecule has 0 radical (unpaired) electrons. The number of aryl methyl sites for hydroxylation is 1. The molecule has 1 aliphatic carbocycles. The number of benzene rings is 6. The van der Waals surface area contributed by atoms with E-state index in [1.807, 2.05) is 31.2 Å². The van der Waals surface area contributed by atoms with E-state index in [-0.39, 0.29) is 5.75 Å². The lowest BCUT2D eigenvalue weighted by Gasteiger charge is -2.34. The normalized spacial score (nSPS) is 13.6. The first-order chi connectivity index (χ1) is 17.6. The van der Waals surface area contributed by atoms with E-state index in [2.05, 4.69) is 78.9 Å². The van der Waals surface area contributed by atoms with Gasteiger partial charge in [0.1, 0.15) is 11.5 Å². The van der Waals surface area contributed by atoms with E-state index in [9.17, 15) is 10.2 Å². The Bertz CT molecular complexity index is 1780. The van der Waals surface area contributed by atoms with Crippen molar-refractivity contribution >= 4 is 21.5 Å². The summed E-state index contributed by atoms with van der Waals surface area (Å²) < 4.78 is 0. The number of phenols is 2. The quantitative estimate of drug-likeness (QED) is 0.271. The molecule has 0 aliphatic heterocycles. The molecule has 0 heterocycles. The highest BCUT2D eigenvalue weighted by molar-refractivity contribution is 5.95. The molecular weight excluding hydrogens is 440 g/mol. The molecule has 2 N–H and O–H groups in total. The van der Waals surface area contributed by atoms with Crippen molar-refractivity contribution in [2.75, 3.05) is 0 Å². The van der Waals surface area contributed by atoms with E-state index in [4.69, 9.17) is 0 Å². The largest absolute Gasteiger partial charge is 0.508 e. The minimum atomic E-state index is -0.603. The van der Waals surface area contributed by atoms with Crippen LogP contribution in [-0.4, -0.2) is 10.2 Å². The summed E-state index contributed by atoms with van der Waals surface area (Å²) in [6, 6.07) is 39.5. The molecule has 0 fully saturated rings. The molecule has 1 aliphatic rings. The van der Waals surface area contributed by atoms with E-state index >= 15 is 0 Å². The van der Waals surface area contributed by atoms with Crippen molar-refractivity contribution < 1.29 is 10.2 Å². The van der Waals surface area contributed by atoms with Gasteiger partial charge in [-0.25, -0.2) is 0 Å². The van der Waals surface area contributed by atoms with Crippen LogP contribution in [0.5, 0.6) is 11.5 Å². The lowest BCUT2D eigenvalue weighted by atomic mass is 9.67. The Hall–Kier alpha value is -4.56. The Balaban J connectivity index is 1.65. The molecule has 172 valence electrons. The number of hydrogen-bond acceptors (Lipinski definition) is 2. The van der Waals surface area contributed by atoms with E-state index in [0.717, 1.165) is 38.2 Å². The predicted octanol–water partition coefficient (Wildman–Crippen LogP) is 8.08. The van der Waals surface area contributed by atoms with Crippen LogP contribution in [0, 0.1) is 6.92 Å². The Morgan fingerprint density at radius 1 is 0.528 bits per heavy atom. The zero-order valence-corrected chi connectivity index (χ0v) is 19.9. The smallest absolute Gasteiger partial charge is 0.123 e. The molecule has 36 heavy (non-hydrogen) atoms. The molecule has 7 rings (SSSR count). The zero-order chi connectivity index (χ0) is 24.4. The van der Waals surface area contributed by atoms with Crippen molar-refractivity contribution in [1.29, 1.82) is 0 Å². The molecule has 0 saturated heterocycles. The van der Waals surface area contributed by atoms with Crippen LogP contribution >= 0.6 is 0 Å². The molecule has 2 heteroatoms. The first-order valence-corrected chi connectivity index (χ1v) is 12.2. The lowest BCUT2D eigenvalue weighted by Crippen LogP contribution is -2.28. The van der Waals surface area contributed by atoms with Gasteiger partial charge in [-0.3, -0.25) is 0 Å². The highest BCUT2D eigenvalue weighted by Gasteiger charge is 2.46. The van der Waals surface area contributed by atoms with Gasteiger partial charge >= 0.3 is 0 Å². The fourth-order valence-corrected chi connectivity index (χ4v) is 6.30. The first-order valence-electron chi connectivity index (χ1n) is 12.2. The summed E-state index contributed by atoms with van der Waals surface area (Å²) in [7, 11) is 0. The van der Waals surface area contributed by atoms with Crippen LogP contribution in [0.3, 0.4) is 0 Å². The number of rotatable bonds is 2. The minimum absolute atomic E-state index is 0.261. The highest BCUT2D eigenvalue weighted by Crippen LogP contribution is 2.57. The number of hydrogen-bond donors (Lipinski definition) is 2. The number of fused-ring (bicyclic) bond motifs is 5. The second-order valence-electron chi connectivity index (χ2n) is 9.76. The van der Waals surface area contributed by atoms with Crippen LogP contribution in [0.4, 0.5) is 0 Å². The molecule has 0 bridgehead atoms. The summed E-state index contributed by atoms with van der Waals surface area (Å²) in [6.45, 7) is 2.04. The number of phenolic OH excluding ortho intramolecular Hbond substituents is 2. The Kier molecular flexibility index (Phi) is 4.31. The fraction of sp³-hybridized carbons (Fsp3) is 0.0588. The standard InChI is InChI=1S/C34H24O2/c1-21-7-6-8-24-18-26(20-32(36)33(21)24)34(25-15-13-23-19-27(35)16-14-22(23)17-25)30-11-4-2-9-28(30)29-10-3-5-12-31(29)34/h2-20,35-36H,1H3. The maximum absolute atomic E-state index is 11.3. The average Bonchev–Trinajstić information content (AvgIpc) is 3.19. The van der Waals surface area contributed by atoms with Gasteiger partial charge < -0.3 is 10.2 Å². The molecule has 0 aromatic heterocycles. The molecule has 0 spiro atoms. The Morgan fingerprint density at radius 2 is 1.17 bits per heavy atom. The fourth-order valence-electron chi connectivity index (χ4n) is 6.30. The Morgan fingerprint density at radius 3 is 1.92 bits per heavy atom. The molecular formula is C34H24O2. The van der Waals surface area contributed by atoms with Gasteiger partial charge in [0.25, 0.3) is 0 Å². The monoisotopic (exact) mass is 464 g/mol. The molecule has 0 amide bonds. The molecule has 0 saturated carbocycles. The second-order valence-corrected chi connectivity index (χ2v) is 9.76. The van der Waals surface area contributed by atoms with Crippen LogP contribution in [0.1, 0.15) is 27.8 Å². The van der Waals surface area contributed by atoms with E-state index < -0.39 is 5.41 Å². The summed E-state index contributed by atoms with van der Waals surface area (Å²) in [6.07, 6.45) is 0. The van der Waals surface area contributed by atoms with Gasteiger partial charge in [-0.05, 0) is 92.4 Å². The van der Waals surface area contributed by atoms with Gasteiger partial charge in [0.05, 0.1) is 5.41 Å². The van der Waals surface area contributed by atoms with Gasteiger partial charge in [0.15, 0.2) is 0 Å². The summed E-state index contributed by atoms with van der Waals surface area (Å²) >= 11 is 0. The second kappa shape index (κ2) is 7.47. The third-order valence-corrected chi connectivity index (χ3v) is 7.81. The SMILES string of the molecule is Cc1cccc2cc(C3(c4ccc5cc(O)ccc5c4)c4ccccc4-c4ccccc43)cc(O)c12. The highest BCUT2D eigenvalue weighted by atomic mass is 16.3. The molecule has 0 unspecified atom stereocenters. The van der Waals surface area contributed by atoms with Crippen LogP contribution in [0.25, 0.3) is 32.7 Å². The molecule has 6 aromatic carbocycles. The average molecular weight is 465 g/mol. The minimum Gasteiger partial charge on any atom is -0.508 e. The van der Waals surface area contributed by atoms with Crippen LogP contribution in [0.2, 0.25) is 0 Å². The van der Waals surface area contributed by atoms with Gasteiger partial charge in [-0.15, -0.1) is 0 Å². The van der Waals surface area contributed by atoms with E-state index in [1.165, 1.54) is 22.3 Å². The molecule has 6 aromatic rings. The van der Waals surface area contributed by atoms with Gasteiger partial charge in [-0.2, -0.15) is 0 Å². The third kappa shape index (κ3) is 2.73. The predicted molar refractivity (Wildman–Crippen MR) is 147 cm³/mol. The summed E-state index contributed by atoms with van der Waals surface area (Å²) in [5.74, 6) is 0.559. The van der Waals surface area contributed by atoms with Crippen molar-refractivity contribution in [3.63, 3.8) is 0 Å². The third-order valence-electron chi connectivity index (χ3n) is 7.81. The van der Waals surface area contributed by atoms with Gasteiger partial charge in [0, 0.05) is 5.39 Å². The van der Waals surface area contributed by atoms with Gasteiger partial charge in [0.2, 0.25) is 0 Å². The first kappa shape index (κ1) is 20.8. The van der Waals surface area contributed by atoms with Crippen molar-refractivity contribution in [2.45, 2.75) is 12.3 Å². The number of aromatic hydroxyl groups is 2. The summed E-state index contributed by atoms with van der Waals surface area (Å²) in [5, 5.41) is 25.3. The summed E-state index contributed by atoms with van der Waals surface area (Å²) in [5.41, 5.74) is 7.45. The maximum atomic E-state index is 11.3. The topological polar surface area (TPSA) is 40.5 Å². The molecule has 0 atom stereocenters. The Labute approximate surface area is 209 Å². The van der Waals surface area contributed by atoms with Gasteiger partial charge in [-0.1, -0.05) is 84.9 Å². The van der Waals surface area contributed by atoms with Crippen LogP contribution < -0.4 is 0 Å². The van der Waals surface area contributed by atoms with Crippen molar-refractivity contribution in [3.05, 3.63) is 143 Å².